The van der Waals surface area contributed by atoms with E-state index in [2.05, 4.69) is 5.32 Å². The summed E-state index contributed by atoms with van der Waals surface area (Å²) < 4.78 is 5.28. The molecule has 0 spiro atoms. The third-order valence-corrected chi connectivity index (χ3v) is 6.53. The highest BCUT2D eigenvalue weighted by atomic mass is 35.5. The van der Waals surface area contributed by atoms with E-state index in [-0.39, 0.29) is 5.91 Å². The van der Waals surface area contributed by atoms with Crippen molar-refractivity contribution in [3.63, 3.8) is 0 Å². The number of thioether (sulfide) groups is 1. The lowest BCUT2D eigenvalue weighted by molar-refractivity contribution is -0.116. The number of halogens is 1. The SMILES string of the molecule is COc1ccc([C@@H]2N=c3ccccc3=C3C(=O)NC(SCc4ccccc4Cl)=NN32)cc1. The van der Waals surface area contributed by atoms with Crippen LogP contribution < -0.4 is 20.6 Å². The number of fused-ring (bicyclic) bond motifs is 2. The largest absolute Gasteiger partial charge is 0.497 e. The molecule has 3 aromatic rings. The van der Waals surface area contributed by atoms with Crippen molar-refractivity contribution in [2.75, 3.05) is 7.11 Å². The first kappa shape index (κ1) is 20.6. The first-order valence-electron chi connectivity index (χ1n) is 10.0. The molecule has 0 saturated carbocycles. The van der Waals surface area contributed by atoms with E-state index in [1.165, 1.54) is 11.8 Å². The van der Waals surface area contributed by atoms with Crippen molar-refractivity contribution >= 4 is 40.1 Å². The Hall–Kier alpha value is -3.29. The highest BCUT2D eigenvalue weighted by Crippen LogP contribution is 2.32. The summed E-state index contributed by atoms with van der Waals surface area (Å²) in [5.41, 5.74) is 2.37. The summed E-state index contributed by atoms with van der Waals surface area (Å²) in [6.45, 7) is 0. The molecule has 0 unspecified atom stereocenters. The maximum absolute atomic E-state index is 13.2. The average Bonchev–Trinajstić information content (AvgIpc) is 2.83. The summed E-state index contributed by atoms with van der Waals surface area (Å²) in [6.07, 6.45) is -0.465. The average molecular weight is 463 g/mol. The molecule has 2 aliphatic rings. The van der Waals surface area contributed by atoms with Crippen LogP contribution in [0.25, 0.3) is 5.70 Å². The second kappa shape index (κ2) is 8.68. The first-order valence-corrected chi connectivity index (χ1v) is 11.4. The number of nitrogens with zero attached hydrogens (tertiary/aromatic N) is 3. The maximum Gasteiger partial charge on any atom is 0.276 e. The normalized spacial score (nSPS) is 17.0. The standard InChI is InChI=1S/C24H19ClN4O2S/c1-31-17-12-10-15(11-13-17)22-26-20-9-5-3-7-18(20)21-23(30)27-24(28-29(21)22)32-14-16-6-2-4-8-19(16)25/h2-13,22H,14H2,1H3,(H,27,28,30)/t22-/m1/s1. The smallest absolute Gasteiger partial charge is 0.276 e. The molecule has 1 atom stereocenters. The zero-order chi connectivity index (χ0) is 22.1. The van der Waals surface area contributed by atoms with Gasteiger partial charge < -0.3 is 4.74 Å². The van der Waals surface area contributed by atoms with E-state index < -0.39 is 6.17 Å². The molecular weight excluding hydrogens is 444 g/mol. The van der Waals surface area contributed by atoms with Gasteiger partial charge in [-0.2, -0.15) is 0 Å². The van der Waals surface area contributed by atoms with Crippen molar-refractivity contribution in [3.8, 4) is 5.75 Å². The van der Waals surface area contributed by atoms with Gasteiger partial charge in [0, 0.05) is 16.0 Å². The number of nitrogens with one attached hydrogen (secondary N) is 1. The number of hydrogen-bond donors (Lipinski definition) is 1. The molecule has 160 valence electrons. The van der Waals surface area contributed by atoms with Crippen molar-refractivity contribution in [3.05, 3.63) is 99.5 Å². The molecule has 0 aliphatic carbocycles. The summed E-state index contributed by atoms with van der Waals surface area (Å²) >= 11 is 7.71. The van der Waals surface area contributed by atoms with E-state index in [4.69, 9.17) is 26.4 Å². The number of amidine groups is 1. The minimum absolute atomic E-state index is 0.206. The van der Waals surface area contributed by atoms with Gasteiger partial charge in [-0.1, -0.05) is 71.9 Å². The second-order valence-corrected chi connectivity index (χ2v) is 8.60. The maximum atomic E-state index is 13.2. The number of carbonyl (C=O) groups excluding carboxylic acids is 1. The lowest BCUT2D eigenvalue weighted by Crippen LogP contribution is -2.50. The van der Waals surface area contributed by atoms with E-state index in [1.807, 2.05) is 72.8 Å². The molecule has 6 nitrogen and oxygen atoms in total. The Morgan fingerprint density at radius 2 is 1.81 bits per heavy atom. The van der Waals surface area contributed by atoms with E-state index >= 15 is 0 Å². The van der Waals surface area contributed by atoms with Gasteiger partial charge in [0.1, 0.15) is 11.4 Å². The number of ether oxygens (including phenoxy) is 1. The van der Waals surface area contributed by atoms with Gasteiger partial charge in [0.05, 0.1) is 12.5 Å². The Morgan fingerprint density at radius 3 is 2.59 bits per heavy atom. The molecule has 0 saturated heterocycles. The molecule has 2 heterocycles. The summed E-state index contributed by atoms with van der Waals surface area (Å²) in [4.78, 5) is 18.1. The van der Waals surface area contributed by atoms with Crippen molar-refractivity contribution in [2.45, 2.75) is 11.9 Å². The van der Waals surface area contributed by atoms with Crippen LogP contribution in [0.3, 0.4) is 0 Å². The predicted molar refractivity (Wildman–Crippen MR) is 127 cm³/mol. The van der Waals surface area contributed by atoms with E-state index in [1.54, 1.807) is 12.1 Å². The van der Waals surface area contributed by atoms with Crippen LogP contribution in [0.1, 0.15) is 17.3 Å². The molecule has 1 N–H and O–H groups in total. The van der Waals surface area contributed by atoms with Crippen LogP contribution in [-0.4, -0.2) is 23.2 Å². The van der Waals surface area contributed by atoms with Crippen molar-refractivity contribution in [2.24, 2.45) is 10.1 Å². The number of para-hydroxylation sites is 1. The Bertz CT molecular complexity index is 1340. The van der Waals surface area contributed by atoms with Gasteiger partial charge in [-0.3, -0.25) is 15.1 Å². The summed E-state index contributed by atoms with van der Waals surface area (Å²) in [5, 5.41) is 12.1. The molecule has 5 rings (SSSR count). The minimum atomic E-state index is -0.465. The van der Waals surface area contributed by atoms with Gasteiger partial charge >= 0.3 is 0 Å². The van der Waals surface area contributed by atoms with Crippen molar-refractivity contribution < 1.29 is 9.53 Å². The van der Waals surface area contributed by atoms with Crippen LogP contribution in [-0.2, 0) is 10.5 Å². The Balaban J connectivity index is 1.55. The summed E-state index contributed by atoms with van der Waals surface area (Å²) in [7, 11) is 1.63. The first-order chi connectivity index (χ1) is 15.6. The van der Waals surface area contributed by atoms with Crippen LogP contribution in [0.5, 0.6) is 5.75 Å². The Kier molecular flexibility index (Phi) is 5.59. The van der Waals surface area contributed by atoms with E-state index in [0.717, 1.165) is 27.5 Å². The monoisotopic (exact) mass is 462 g/mol. The predicted octanol–water partition coefficient (Wildman–Crippen LogP) is 3.43. The van der Waals surface area contributed by atoms with Crippen LogP contribution in [0.4, 0.5) is 0 Å². The fourth-order valence-electron chi connectivity index (χ4n) is 3.65. The molecule has 0 bridgehead atoms. The summed E-state index contributed by atoms with van der Waals surface area (Å²) in [6, 6.07) is 22.9. The molecular formula is C24H19ClN4O2S. The molecule has 0 fully saturated rings. The van der Waals surface area contributed by atoms with Gasteiger partial charge in [0.25, 0.3) is 5.91 Å². The molecule has 8 heteroatoms. The number of carbonyl (C=O) groups is 1. The molecule has 0 radical (unpaired) electrons. The third kappa shape index (κ3) is 3.85. The second-order valence-electron chi connectivity index (χ2n) is 7.23. The summed E-state index contributed by atoms with van der Waals surface area (Å²) in [5.74, 6) is 1.13. The van der Waals surface area contributed by atoms with Gasteiger partial charge in [-0.15, -0.1) is 5.10 Å². The number of amides is 1. The van der Waals surface area contributed by atoms with E-state index in [0.29, 0.717) is 21.6 Å². The number of rotatable bonds is 4. The molecule has 32 heavy (non-hydrogen) atoms. The number of methoxy groups -OCH3 is 1. The quantitative estimate of drug-likeness (QED) is 0.645. The number of hydrogen-bond acceptors (Lipinski definition) is 6. The van der Waals surface area contributed by atoms with Gasteiger partial charge in [0.15, 0.2) is 11.3 Å². The third-order valence-electron chi connectivity index (χ3n) is 5.25. The Labute approximate surface area is 194 Å². The van der Waals surface area contributed by atoms with E-state index in [9.17, 15) is 4.79 Å². The number of hydrazone groups is 1. The molecule has 0 aromatic heterocycles. The van der Waals surface area contributed by atoms with Crippen molar-refractivity contribution in [1.82, 2.24) is 10.3 Å². The van der Waals surface area contributed by atoms with Gasteiger partial charge in [-0.25, -0.2) is 5.01 Å². The highest BCUT2D eigenvalue weighted by Gasteiger charge is 2.34. The van der Waals surface area contributed by atoms with Crippen LogP contribution in [0, 0.1) is 0 Å². The molecule has 1 amide bonds. The Morgan fingerprint density at radius 1 is 1.06 bits per heavy atom. The topological polar surface area (TPSA) is 66.3 Å². The minimum Gasteiger partial charge on any atom is -0.497 e. The van der Waals surface area contributed by atoms with Crippen LogP contribution in [0.15, 0.2) is 82.9 Å². The lowest BCUT2D eigenvalue weighted by Gasteiger charge is -2.34. The lowest BCUT2D eigenvalue weighted by atomic mass is 10.1. The molecule has 2 aliphatic heterocycles. The highest BCUT2D eigenvalue weighted by molar-refractivity contribution is 8.13. The zero-order valence-corrected chi connectivity index (χ0v) is 18.7. The van der Waals surface area contributed by atoms with Crippen molar-refractivity contribution in [1.29, 1.82) is 0 Å². The number of benzene rings is 3. The van der Waals surface area contributed by atoms with Gasteiger partial charge in [-0.05, 0) is 35.4 Å². The van der Waals surface area contributed by atoms with Gasteiger partial charge in [0.2, 0.25) is 0 Å². The fraction of sp³-hybridized carbons (Fsp3) is 0.125. The van der Waals surface area contributed by atoms with Crippen LogP contribution >= 0.6 is 23.4 Å². The fourth-order valence-corrected chi connectivity index (χ4v) is 4.78. The zero-order valence-electron chi connectivity index (χ0n) is 17.2. The molecule has 3 aromatic carbocycles. The van der Waals surface area contributed by atoms with Crippen LogP contribution in [0.2, 0.25) is 5.02 Å².